The minimum Gasteiger partial charge on any atom is -0.480 e. The highest BCUT2D eigenvalue weighted by Crippen LogP contribution is 2.22. The number of carbonyl (C=O) groups is 1. The molecule has 122 valence electrons. The first kappa shape index (κ1) is 16.9. The second-order valence-electron chi connectivity index (χ2n) is 4.89. The molecule has 0 atom stereocenters. The van der Waals surface area contributed by atoms with E-state index in [0.717, 1.165) is 18.4 Å². The molecule has 0 saturated heterocycles. The average Bonchev–Trinajstić information content (AvgIpc) is 2.48. The van der Waals surface area contributed by atoms with Gasteiger partial charge in [-0.2, -0.15) is 0 Å². The lowest BCUT2D eigenvalue weighted by atomic mass is 10.1. The van der Waals surface area contributed by atoms with Crippen molar-refractivity contribution in [3.05, 3.63) is 53.5 Å². The molecule has 2 aromatic rings. The first-order valence-electron chi connectivity index (χ1n) is 6.56. The maximum Gasteiger partial charge on any atom is 0.261 e. The quantitative estimate of drug-likeness (QED) is 0.901. The summed E-state index contributed by atoms with van der Waals surface area (Å²) in [5.41, 5.74) is 0.570. The SMILES string of the molecule is COc1ncccc1C(=O)Nc1ccc(F)cc1CS(C)(=O)=O. The Balaban J connectivity index is 2.34. The number of carbonyl (C=O) groups excluding carboxylic acids is 1. The van der Waals surface area contributed by atoms with Crippen LogP contribution in [0.4, 0.5) is 10.1 Å². The van der Waals surface area contributed by atoms with Gasteiger partial charge < -0.3 is 10.1 Å². The van der Waals surface area contributed by atoms with Gasteiger partial charge in [-0.1, -0.05) is 0 Å². The normalized spacial score (nSPS) is 11.1. The number of nitrogens with zero attached hydrogens (tertiary/aromatic N) is 1. The Hall–Kier alpha value is -2.48. The molecule has 0 spiro atoms. The van der Waals surface area contributed by atoms with Crippen LogP contribution in [-0.4, -0.2) is 32.7 Å². The van der Waals surface area contributed by atoms with E-state index >= 15 is 0 Å². The predicted octanol–water partition coefficient (Wildman–Crippen LogP) is 2.03. The summed E-state index contributed by atoms with van der Waals surface area (Å²) >= 11 is 0. The van der Waals surface area contributed by atoms with Crippen molar-refractivity contribution in [3.63, 3.8) is 0 Å². The summed E-state index contributed by atoms with van der Waals surface area (Å²) in [6.07, 6.45) is 2.51. The van der Waals surface area contributed by atoms with Gasteiger partial charge in [0.15, 0.2) is 9.84 Å². The van der Waals surface area contributed by atoms with Crippen LogP contribution in [0.25, 0.3) is 0 Å². The molecule has 1 aromatic heterocycles. The lowest BCUT2D eigenvalue weighted by molar-refractivity contribution is 0.102. The van der Waals surface area contributed by atoms with Crippen LogP contribution in [0.1, 0.15) is 15.9 Å². The molecule has 2 rings (SSSR count). The van der Waals surface area contributed by atoms with Gasteiger partial charge in [0.05, 0.1) is 12.9 Å². The molecule has 0 fully saturated rings. The number of pyridine rings is 1. The Morgan fingerprint density at radius 1 is 1.35 bits per heavy atom. The van der Waals surface area contributed by atoms with E-state index in [9.17, 15) is 17.6 Å². The van der Waals surface area contributed by atoms with Gasteiger partial charge >= 0.3 is 0 Å². The molecule has 0 unspecified atom stereocenters. The maximum atomic E-state index is 13.4. The number of hydrogen-bond donors (Lipinski definition) is 1. The van der Waals surface area contributed by atoms with Crippen molar-refractivity contribution >= 4 is 21.4 Å². The zero-order valence-electron chi connectivity index (χ0n) is 12.5. The molecule has 0 saturated carbocycles. The fourth-order valence-electron chi connectivity index (χ4n) is 2.00. The molecule has 1 heterocycles. The highest BCUT2D eigenvalue weighted by Gasteiger charge is 2.16. The summed E-state index contributed by atoms with van der Waals surface area (Å²) in [6.45, 7) is 0. The number of ether oxygens (including phenoxy) is 1. The average molecular weight is 338 g/mol. The number of anilines is 1. The summed E-state index contributed by atoms with van der Waals surface area (Å²) in [7, 11) is -2.00. The van der Waals surface area contributed by atoms with Crippen molar-refractivity contribution in [3.8, 4) is 5.88 Å². The fourth-order valence-corrected chi connectivity index (χ4v) is 2.81. The van der Waals surface area contributed by atoms with E-state index in [1.54, 1.807) is 6.07 Å². The molecule has 8 heteroatoms. The summed E-state index contributed by atoms with van der Waals surface area (Å²) < 4.78 is 41.3. The number of hydrogen-bond acceptors (Lipinski definition) is 5. The van der Waals surface area contributed by atoms with Crippen molar-refractivity contribution in [2.45, 2.75) is 5.75 Å². The van der Waals surface area contributed by atoms with Crippen LogP contribution in [0, 0.1) is 5.82 Å². The second-order valence-corrected chi connectivity index (χ2v) is 7.03. The molecule has 0 bridgehead atoms. The molecule has 0 aliphatic carbocycles. The third-order valence-corrected chi connectivity index (χ3v) is 3.78. The van der Waals surface area contributed by atoms with Crippen molar-refractivity contribution in [2.24, 2.45) is 0 Å². The molecule has 0 aliphatic rings. The minimum absolute atomic E-state index is 0.136. The van der Waals surface area contributed by atoms with Crippen molar-refractivity contribution in [2.75, 3.05) is 18.7 Å². The predicted molar refractivity (Wildman–Crippen MR) is 83.7 cm³/mol. The molecule has 1 aromatic carbocycles. The van der Waals surface area contributed by atoms with E-state index in [4.69, 9.17) is 4.74 Å². The molecule has 0 radical (unpaired) electrons. The van der Waals surface area contributed by atoms with Crippen molar-refractivity contribution in [1.29, 1.82) is 0 Å². The maximum absolute atomic E-state index is 13.4. The van der Waals surface area contributed by atoms with Gasteiger partial charge in [0.1, 0.15) is 11.4 Å². The number of methoxy groups -OCH3 is 1. The van der Waals surface area contributed by atoms with E-state index in [-0.39, 0.29) is 28.4 Å². The van der Waals surface area contributed by atoms with E-state index in [1.165, 1.54) is 25.4 Å². The van der Waals surface area contributed by atoms with Gasteiger partial charge in [-0.25, -0.2) is 17.8 Å². The summed E-state index contributed by atoms with van der Waals surface area (Å²) in [5, 5.41) is 2.56. The number of aromatic nitrogens is 1. The molecule has 1 amide bonds. The first-order valence-corrected chi connectivity index (χ1v) is 8.62. The first-order chi connectivity index (χ1) is 10.8. The monoisotopic (exact) mass is 338 g/mol. The summed E-state index contributed by atoms with van der Waals surface area (Å²) in [5.74, 6) is -1.36. The van der Waals surface area contributed by atoms with Gasteiger partial charge in [0.2, 0.25) is 5.88 Å². The van der Waals surface area contributed by atoms with E-state index < -0.39 is 21.6 Å². The van der Waals surface area contributed by atoms with Gasteiger partial charge in [0, 0.05) is 18.1 Å². The van der Waals surface area contributed by atoms with Gasteiger partial charge in [-0.15, -0.1) is 0 Å². The Labute approximate surface area is 133 Å². The number of amides is 1. The molecule has 1 N–H and O–H groups in total. The van der Waals surface area contributed by atoms with Gasteiger partial charge in [-0.3, -0.25) is 4.79 Å². The smallest absolute Gasteiger partial charge is 0.261 e. The fraction of sp³-hybridized carbons (Fsp3) is 0.200. The Kier molecular flexibility index (Phi) is 4.95. The van der Waals surface area contributed by atoms with Crippen LogP contribution in [0.2, 0.25) is 0 Å². The third-order valence-electron chi connectivity index (χ3n) is 2.94. The van der Waals surface area contributed by atoms with Crippen molar-refractivity contribution in [1.82, 2.24) is 4.98 Å². The van der Waals surface area contributed by atoms with Crippen LogP contribution >= 0.6 is 0 Å². The van der Waals surface area contributed by atoms with Crippen LogP contribution in [-0.2, 0) is 15.6 Å². The summed E-state index contributed by atoms with van der Waals surface area (Å²) in [4.78, 5) is 16.2. The number of halogens is 1. The molecular weight excluding hydrogens is 323 g/mol. The van der Waals surface area contributed by atoms with Crippen LogP contribution in [0.15, 0.2) is 36.5 Å². The highest BCUT2D eigenvalue weighted by molar-refractivity contribution is 7.89. The minimum atomic E-state index is -3.38. The molecule has 0 aliphatic heterocycles. The van der Waals surface area contributed by atoms with Gasteiger partial charge in [0.25, 0.3) is 5.91 Å². The summed E-state index contributed by atoms with van der Waals surface area (Å²) in [6, 6.07) is 6.62. The van der Waals surface area contributed by atoms with Crippen LogP contribution in [0.3, 0.4) is 0 Å². The Morgan fingerprint density at radius 3 is 2.74 bits per heavy atom. The zero-order chi connectivity index (χ0) is 17.0. The third kappa shape index (κ3) is 4.49. The largest absolute Gasteiger partial charge is 0.480 e. The number of rotatable bonds is 5. The van der Waals surface area contributed by atoms with Gasteiger partial charge in [-0.05, 0) is 35.9 Å². The molecular formula is C15H15FN2O4S. The van der Waals surface area contributed by atoms with E-state index in [2.05, 4.69) is 10.3 Å². The number of nitrogens with one attached hydrogen (secondary N) is 1. The van der Waals surface area contributed by atoms with Crippen molar-refractivity contribution < 1.29 is 22.3 Å². The lowest BCUT2D eigenvalue weighted by Gasteiger charge is -2.12. The number of sulfone groups is 1. The van der Waals surface area contributed by atoms with Crippen LogP contribution < -0.4 is 10.1 Å². The van der Waals surface area contributed by atoms with E-state index in [1.807, 2.05) is 0 Å². The molecule has 23 heavy (non-hydrogen) atoms. The second kappa shape index (κ2) is 6.74. The standard InChI is InChI=1S/C15H15FN2O4S/c1-22-15-12(4-3-7-17-15)14(19)18-13-6-5-11(16)8-10(13)9-23(2,20)21/h3-8H,9H2,1-2H3,(H,18,19). The lowest BCUT2D eigenvalue weighted by Crippen LogP contribution is -2.16. The Bertz CT molecular complexity index is 837. The zero-order valence-corrected chi connectivity index (χ0v) is 13.4. The molecule has 6 nitrogen and oxygen atoms in total. The highest BCUT2D eigenvalue weighted by atomic mass is 32.2. The Morgan fingerprint density at radius 2 is 2.09 bits per heavy atom. The van der Waals surface area contributed by atoms with Crippen LogP contribution in [0.5, 0.6) is 5.88 Å². The number of benzene rings is 1. The topological polar surface area (TPSA) is 85.4 Å². The van der Waals surface area contributed by atoms with E-state index in [0.29, 0.717) is 0 Å².